The average molecular weight is 675 g/mol. The van der Waals surface area contributed by atoms with Crippen LogP contribution in [-0.2, 0) is 16.2 Å². The molecule has 6 rings (SSSR count). The lowest BCUT2D eigenvalue weighted by molar-refractivity contribution is -0.119. The summed E-state index contributed by atoms with van der Waals surface area (Å²) < 4.78 is 13.3. The quantitative estimate of drug-likeness (QED) is 0.293. The van der Waals surface area contributed by atoms with Gasteiger partial charge in [-0.25, -0.2) is 0 Å². The molecule has 0 radical (unpaired) electrons. The van der Waals surface area contributed by atoms with Crippen molar-refractivity contribution in [2.45, 2.75) is 118 Å². The molecule has 0 aromatic heterocycles. The number of carbonyl (C=O) groups is 2. The Bertz CT molecular complexity index is 1500. The van der Waals surface area contributed by atoms with Crippen LogP contribution in [0.4, 0.5) is 0 Å². The maximum atomic E-state index is 14.3. The lowest BCUT2D eigenvalue weighted by Gasteiger charge is -2.52. The number of benzene rings is 2. The zero-order chi connectivity index (χ0) is 32.1. The SMILES string of the molecule is CCOc1cc(C2C3=C(CC(C)(C)CC3=O)N(C3CCCCC3)C3=C2C(=O)CC(C)(C)C3)cc(Br)c1OCc1ccc(C)cc1. The molecular formula is C39H48BrNO4. The van der Waals surface area contributed by atoms with Gasteiger partial charge in [0, 0.05) is 47.3 Å². The van der Waals surface area contributed by atoms with E-state index in [2.05, 4.69) is 85.8 Å². The standard InChI is InChI=1S/C39H48BrNO4/c1-7-44-33-18-26(17-28(40)37(33)45-23-25-15-13-24(2)14-16-25)34-35-29(19-38(3,4)21-31(35)42)41(27-11-9-8-10-12-27)30-20-39(5,6)22-32(43)36(30)34/h13-18,27,34H,7-12,19-23H2,1-6H3. The second kappa shape index (κ2) is 12.4. The summed E-state index contributed by atoms with van der Waals surface area (Å²) in [6.45, 7) is 13.8. The van der Waals surface area contributed by atoms with E-state index in [0.29, 0.717) is 43.6 Å². The Labute approximate surface area is 277 Å². The molecule has 3 aliphatic carbocycles. The van der Waals surface area contributed by atoms with Crippen LogP contribution >= 0.6 is 15.9 Å². The van der Waals surface area contributed by atoms with Crippen molar-refractivity contribution in [1.82, 2.24) is 4.90 Å². The van der Waals surface area contributed by atoms with E-state index in [1.165, 1.54) is 24.8 Å². The topological polar surface area (TPSA) is 55.8 Å². The smallest absolute Gasteiger partial charge is 0.175 e. The minimum absolute atomic E-state index is 0.135. The zero-order valence-electron chi connectivity index (χ0n) is 27.9. The van der Waals surface area contributed by atoms with Crippen molar-refractivity contribution >= 4 is 27.5 Å². The van der Waals surface area contributed by atoms with E-state index in [4.69, 9.17) is 9.47 Å². The average Bonchev–Trinajstić information content (AvgIpc) is 2.96. The van der Waals surface area contributed by atoms with Gasteiger partial charge in [-0.1, -0.05) is 76.8 Å². The fourth-order valence-corrected chi connectivity index (χ4v) is 8.68. The van der Waals surface area contributed by atoms with E-state index >= 15 is 0 Å². The lowest BCUT2D eigenvalue weighted by Crippen LogP contribution is -2.48. The first-order chi connectivity index (χ1) is 21.4. The van der Waals surface area contributed by atoms with Crippen molar-refractivity contribution in [3.63, 3.8) is 0 Å². The molecule has 0 N–H and O–H groups in total. The Balaban J connectivity index is 1.51. The van der Waals surface area contributed by atoms with Crippen LogP contribution in [0, 0.1) is 17.8 Å². The van der Waals surface area contributed by atoms with E-state index in [1.54, 1.807) is 0 Å². The highest BCUT2D eigenvalue weighted by molar-refractivity contribution is 9.10. The number of ether oxygens (including phenoxy) is 2. The Kier molecular flexibility index (Phi) is 8.84. The number of carbonyl (C=O) groups excluding carboxylic acids is 2. The van der Waals surface area contributed by atoms with Gasteiger partial charge in [-0.2, -0.15) is 0 Å². The molecule has 0 unspecified atom stereocenters. The van der Waals surface area contributed by atoms with E-state index in [0.717, 1.165) is 63.8 Å². The highest BCUT2D eigenvalue weighted by Crippen LogP contribution is 2.56. The molecular weight excluding hydrogens is 626 g/mol. The second-order valence-corrected chi connectivity index (χ2v) is 16.1. The van der Waals surface area contributed by atoms with Gasteiger partial charge >= 0.3 is 0 Å². The fraction of sp³-hybridized carbons (Fsp3) is 0.538. The lowest BCUT2D eigenvalue weighted by atomic mass is 9.63. The van der Waals surface area contributed by atoms with Gasteiger partial charge < -0.3 is 14.4 Å². The van der Waals surface area contributed by atoms with E-state index in [-0.39, 0.29) is 22.4 Å². The molecule has 240 valence electrons. The van der Waals surface area contributed by atoms with Gasteiger partial charge in [0.2, 0.25) is 0 Å². The van der Waals surface area contributed by atoms with E-state index < -0.39 is 5.92 Å². The molecule has 45 heavy (non-hydrogen) atoms. The molecule has 0 atom stereocenters. The molecule has 0 saturated heterocycles. The van der Waals surface area contributed by atoms with Crippen LogP contribution < -0.4 is 9.47 Å². The summed E-state index contributed by atoms with van der Waals surface area (Å²) in [5, 5.41) is 0. The van der Waals surface area contributed by atoms with Gasteiger partial charge in [0.05, 0.1) is 11.1 Å². The van der Waals surface area contributed by atoms with Crippen LogP contribution in [0.2, 0.25) is 0 Å². The van der Waals surface area contributed by atoms with Crippen molar-refractivity contribution < 1.29 is 19.1 Å². The summed E-state index contributed by atoms with van der Waals surface area (Å²) in [6, 6.07) is 12.7. The Morgan fingerprint density at radius 1 is 0.822 bits per heavy atom. The monoisotopic (exact) mass is 673 g/mol. The van der Waals surface area contributed by atoms with Crippen molar-refractivity contribution in [1.29, 1.82) is 0 Å². The van der Waals surface area contributed by atoms with Gasteiger partial charge in [0.1, 0.15) is 6.61 Å². The summed E-state index contributed by atoms with van der Waals surface area (Å²) in [5.41, 5.74) is 6.90. The molecule has 1 fully saturated rings. The third-order valence-corrected chi connectivity index (χ3v) is 10.6. The van der Waals surface area contributed by atoms with Gasteiger partial charge in [-0.3, -0.25) is 9.59 Å². The predicted molar refractivity (Wildman–Crippen MR) is 182 cm³/mol. The first-order valence-electron chi connectivity index (χ1n) is 16.8. The van der Waals surface area contributed by atoms with E-state index in [1.807, 2.05) is 13.0 Å². The summed E-state index contributed by atoms with van der Waals surface area (Å²) in [6.07, 6.45) is 8.50. The van der Waals surface area contributed by atoms with Crippen LogP contribution in [0.1, 0.15) is 115 Å². The second-order valence-electron chi connectivity index (χ2n) is 15.2. The number of rotatable bonds is 7. The van der Waals surface area contributed by atoms with Gasteiger partial charge in [0.25, 0.3) is 0 Å². The molecule has 2 aromatic carbocycles. The van der Waals surface area contributed by atoms with Crippen LogP contribution in [0.3, 0.4) is 0 Å². The van der Waals surface area contributed by atoms with Crippen molar-refractivity contribution in [2.75, 3.05) is 6.61 Å². The maximum Gasteiger partial charge on any atom is 0.175 e. The molecule has 0 amide bonds. The maximum absolute atomic E-state index is 14.3. The number of Topliss-reactive ketones (excluding diaryl/α,β-unsaturated/α-hetero) is 2. The molecule has 4 aliphatic rings. The van der Waals surface area contributed by atoms with Crippen molar-refractivity contribution in [3.05, 3.63) is 80.1 Å². The van der Waals surface area contributed by atoms with Crippen molar-refractivity contribution in [2.24, 2.45) is 10.8 Å². The Morgan fingerprint density at radius 2 is 1.40 bits per heavy atom. The molecule has 2 aromatic rings. The fourth-order valence-electron chi connectivity index (χ4n) is 8.11. The molecule has 5 nitrogen and oxygen atoms in total. The van der Waals surface area contributed by atoms with E-state index in [9.17, 15) is 9.59 Å². The highest BCUT2D eigenvalue weighted by Gasteiger charge is 2.50. The predicted octanol–water partition coefficient (Wildman–Crippen LogP) is 9.75. The molecule has 6 heteroatoms. The van der Waals surface area contributed by atoms with Crippen LogP contribution in [0.5, 0.6) is 11.5 Å². The third-order valence-electron chi connectivity index (χ3n) is 10.1. The van der Waals surface area contributed by atoms with Gasteiger partial charge in [0.15, 0.2) is 23.1 Å². The van der Waals surface area contributed by atoms with Crippen LogP contribution in [0.15, 0.2) is 63.4 Å². The number of aryl methyl sites for hydroxylation is 1. The highest BCUT2D eigenvalue weighted by atomic mass is 79.9. The number of nitrogens with zero attached hydrogens (tertiary/aromatic N) is 1. The summed E-state index contributed by atoms with van der Waals surface area (Å²) >= 11 is 3.82. The van der Waals surface area contributed by atoms with Crippen LogP contribution in [-0.4, -0.2) is 29.1 Å². The Hall–Kier alpha value is -2.86. The first-order valence-corrected chi connectivity index (χ1v) is 17.6. The third kappa shape index (κ3) is 6.41. The molecule has 1 saturated carbocycles. The first kappa shape index (κ1) is 32.1. The zero-order valence-corrected chi connectivity index (χ0v) is 29.4. The van der Waals surface area contributed by atoms with Gasteiger partial charge in [-0.15, -0.1) is 0 Å². The summed E-state index contributed by atoms with van der Waals surface area (Å²) in [7, 11) is 0. The summed E-state index contributed by atoms with van der Waals surface area (Å²) in [4.78, 5) is 31.2. The van der Waals surface area contributed by atoms with Crippen LogP contribution in [0.25, 0.3) is 0 Å². The number of halogens is 1. The minimum Gasteiger partial charge on any atom is -0.490 e. The molecule has 1 heterocycles. The van der Waals surface area contributed by atoms with Crippen molar-refractivity contribution in [3.8, 4) is 11.5 Å². The molecule has 0 bridgehead atoms. The number of allylic oxidation sites excluding steroid dienone is 4. The molecule has 0 spiro atoms. The minimum atomic E-state index is -0.413. The number of hydrogen-bond acceptors (Lipinski definition) is 5. The Morgan fingerprint density at radius 3 is 1.96 bits per heavy atom. The van der Waals surface area contributed by atoms with Gasteiger partial charge in [-0.05, 0) is 89.6 Å². The summed E-state index contributed by atoms with van der Waals surface area (Å²) in [5.74, 6) is 1.19. The normalized spacial score (nSPS) is 22.0. The largest absolute Gasteiger partial charge is 0.490 e. The molecule has 1 aliphatic heterocycles. The number of hydrogen-bond donors (Lipinski definition) is 0. The number of ketones is 2.